The van der Waals surface area contributed by atoms with Gasteiger partial charge in [0.15, 0.2) is 0 Å². The van der Waals surface area contributed by atoms with E-state index in [1.165, 1.54) is 12.8 Å². The number of hydrogen-bond donors (Lipinski definition) is 1. The Kier molecular flexibility index (Phi) is 4.20. The Hall–Kier alpha value is -0.0800. The summed E-state index contributed by atoms with van der Waals surface area (Å²) in [6, 6.07) is 1.16. The van der Waals surface area contributed by atoms with Gasteiger partial charge in [-0.15, -0.1) is 0 Å². The molecular formula is C11H24N2. The maximum absolute atomic E-state index is 5.89. The Morgan fingerprint density at radius 3 is 2.54 bits per heavy atom. The third kappa shape index (κ3) is 3.65. The first-order valence-corrected chi connectivity index (χ1v) is 5.61. The fourth-order valence-electron chi connectivity index (χ4n) is 1.72. The molecule has 1 saturated carbocycles. The molecule has 0 bridgehead atoms. The van der Waals surface area contributed by atoms with Crippen LogP contribution in [0.2, 0.25) is 0 Å². The van der Waals surface area contributed by atoms with Crippen LogP contribution in [0.25, 0.3) is 0 Å². The van der Waals surface area contributed by atoms with E-state index in [1.807, 2.05) is 0 Å². The van der Waals surface area contributed by atoms with Crippen molar-refractivity contribution in [3.63, 3.8) is 0 Å². The lowest BCUT2D eigenvalue weighted by Crippen LogP contribution is -2.34. The average Bonchev–Trinajstić information content (AvgIpc) is 2.95. The van der Waals surface area contributed by atoms with Crippen LogP contribution < -0.4 is 5.73 Å². The Morgan fingerprint density at radius 2 is 2.08 bits per heavy atom. The van der Waals surface area contributed by atoms with E-state index in [4.69, 9.17) is 5.73 Å². The van der Waals surface area contributed by atoms with Crippen molar-refractivity contribution in [1.29, 1.82) is 0 Å². The minimum absolute atomic E-state index is 0.397. The molecule has 2 heteroatoms. The summed E-state index contributed by atoms with van der Waals surface area (Å²) >= 11 is 0. The van der Waals surface area contributed by atoms with Crippen LogP contribution in [-0.4, -0.2) is 30.6 Å². The smallest absolute Gasteiger partial charge is 0.00921 e. The van der Waals surface area contributed by atoms with Gasteiger partial charge in [-0.25, -0.2) is 0 Å². The summed E-state index contributed by atoms with van der Waals surface area (Å²) in [6.45, 7) is 5.66. The first-order valence-electron chi connectivity index (χ1n) is 5.61. The molecule has 1 aliphatic rings. The monoisotopic (exact) mass is 184 g/mol. The molecule has 0 aliphatic heterocycles. The van der Waals surface area contributed by atoms with Crippen LogP contribution in [0.1, 0.15) is 39.5 Å². The van der Waals surface area contributed by atoms with Crippen LogP contribution in [0, 0.1) is 5.92 Å². The maximum atomic E-state index is 5.89. The van der Waals surface area contributed by atoms with E-state index < -0.39 is 0 Å². The van der Waals surface area contributed by atoms with Crippen LogP contribution in [-0.2, 0) is 0 Å². The van der Waals surface area contributed by atoms with E-state index in [-0.39, 0.29) is 0 Å². The minimum atomic E-state index is 0.397. The van der Waals surface area contributed by atoms with Gasteiger partial charge in [0, 0.05) is 12.1 Å². The number of rotatable bonds is 6. The molecule has 2 unspecified atom stereocenters. The van der Waals surface area contributed by atoms with Gasteiger partial charge in [-0.3, -0.25) is 0 Å². The van der Waals surface area contributed by atoms with Crippen molar-refractivity contribution in [2.75, 3.05) is 13.6 Å². The third-order valence-corrected chi connectivity index (χ3v) is 3.38. The van der Waals surface area contributed by atoms with Gasteiger partial charge >= 0.3 is 0 Å². The summed E-state index contributed by atoms with van der Waals surface area (Å²) < 4.78 is 0. The Balaban J connectivity index is 2.12. The standard InChI is InChI=1S/C11H24N2/c1-4-11(12)7-8-13(3)9(2)10-5-6-10/h9-11H,4-8,12H2,1-3H3. The molecule has 2 N–H and O–H groups in total. The van der Waals surface area contributed by atoms with E-state index in [0.717, 1.165) is 31.3 Å². The summed E-state index contributed by atoms with van der Waals surface area (Å²) in [6.07, 6.45) is 5.12. The van der Waals surface area contributed by atoms with Crippen LogP contribution >= 0.6 is 0 Å². The van der Waals surface area contributed by atoms with Gasteiger partial charge in [0.25, 0.3) is 0 Å². The normalized spacial score (nSPS) is 21.9. The molecule has 0 amide bonds. The Morgan fingerprint density at radius 1 is 1.46 bits per heavy atom. The van der Waals surface area contributed by atoms with Gasteiger partial charge in [0.2, 0.25) is 0 Å². The highest BCUT2D eigenvalue weighted by molar-refractivity contribution is 4.84. The van der Waals surface area contributed by atoms with Gasteiger partial charge in [-0.2, -0.15) is 0 Å². The molecule has 0 heterocycles. The summed E-state index contributed by atoms with van der Waals surface area (Å²) in [5.74, 6) is 0.975. The summed E-state index contributed by atoms with van der Waals surface area (Å²) in [5.41, 5.74) is 5.89. The van der Waals surface area contributed by atoms with Crippen molar-refractivity contribution in [3.8, 4) is 0 Å². The Bertz CT molecular complexity index is 143. The molecule has 13 heavy (non-hydrogen) atoms. The van der Waals surface area contributed by atoms with Crippen LogP contribution in [0.15, 0.2) is 0 Å². The van der Waals surface area contributed by atoms with Crippen LogP contribution in [0.4, 0.5) is 0 Å². The molecule has 0 saturated heterocycles. The van der Waals surface area contributed by atoms with Crippen LogP contribution in [0.5, 0.6) is 0 Å². The number of nitrogens with zero attached hydrogens (tertiary/aromatic N) is 1. The second-order valence-corrected chi connectivity index (χ2v) is 4.52. The zero-order valence-corrected chi connectivity index (χ0v) is 9.29. The lowest BCUT2D eigenvalue weighted by atomic mass is 10.1. The molecule has 0 aromatic rings. The van der Waals surface area contributed by atoms with Crippen molar-refractivity contribution in [2.24, 2.45) is 11.7 Å². The molecule has 2 atom stereocenters. The molecule has 78 valence electrons. The number of nitrogens with two attached hydrogens (primary N) is 1. The van der Waals surface area contributed by atoms with E-state index in [1.54, 1.807) is 0 Å². The zero-order valence-electron chi connectivity index (χ0n) is 9.29. The first kappa shape index (κ1) is 11.0. The quantitative estimate of drug-likeness (QED) is 0.682. The molecule has 0 aromatic heterocycles. The van der Waals surface area contributed by atoms with Gasteiger partial charge in [0.1, 0.15) is 0 Å². The third-order valence-electron chi connectivity index (χ3n) is 3.38. The fraction of sp³-hybridized carbons (Fsp3) is 1.00. The highest BCUT2D eigenvalue weighted by Gasteiger charge is 2.30. The topological polar surface area (TPSA) is 29.3 Å². The molecular weight excluding hydrogens is 160 g/mol. The van der Waals surface area contributed by atoms with E-state index in [0.29, 0.717) is 6.04 Å². The lowest BCUT2D eigenvalue weighted by Gasteiger charge is -2.25. The molecule has 2 nitrogen and oxygen atoms in total. The molecule has 0 spiro atoms. The summed E-state index contributed by atoms with van der Waals surface area (Å²) in [5, 5.41) is 0. The van der Waals surface area contributed by atoms with Gasteiger partial charge < -0.3 is 10.6 Å². The van der Waals surface area contributed by atoms with Crippen molar-refractivity contribution in [2.45, 2.75) is 51.6 Å². The predicted octanol–water partition coefficient (Wildman–Crippen LogP) is 1.84. The molecule has 0 radical (unpaired) electrons. The molecule has 1 rings (SSSR count). The SMILES string of the molecule is CCC(N)CCN(C)C(C)C1CC1. The van der Waals surface area contributed by atoms with Crippen LogP contribution in [0.3, 0.4) is 0 Å². The largest absolute Gasteiger partial charge is 0.328 e. The van der Waals surface area contributed by atoms with Gasteiger partial charge in [0.05, 0.1) is 0 Å². The van der Waals surface area contributed by atoms with Crippen molar-refractivity contribution < 1.29 is 0 Å². The predicted molar refractivity (Wildman–Crippen MR) is 57.7 cm³/mol. The summed E-state index contributed by atoms with van der Waals surface area (Å²) in [7, 11) is 2.23. The van der Waals surface area contributed by atoms with E-state index in [2.05, 4.69) is 25.8 Å². The van der Waals surface area contributed by atoms with Crippen molar-refractivity contribution >= 4 is 0 Å². The fourth-order valence-corrected chi connectivity index (χ4v) is 1.72. The van der Waals surface area contributed by atoms with Gasteiger partial charge in [-0.05, 0) is 52.1 Å². The highest BCUT2D eigenvalue weighted by Crippen LogP contribution is 2.34. The minimum Gasteiger partial charge on any atom is -0.328 e. The lowest BCUT2D eigenvalue weighted by molar-refractivity contribution is 0.226. The van der Waals surface area contributed by atoms with Crippen molar-refractivity contribution in [1.82, 2.24) is 4.90 Å². The first-order chi connectivity index (χ1) is 6.15. The second kappa shape index (κ2) is 4.97. The van der Waals surface area contributed by atoms with E-state index >= 15 is 0 Å². The molecule has 0 aromatic carbocycles. The van der Waals surface area contributed by atoms with Gasteiger partial charge in [-0.1, -0.05) is 6.92 Å². The number of hydrogen-bond acceptors (Lipinski definition) is 2. The summed E-state index contributed by atoms with van der Waals surface area (Å²) in [4.78, 5) is 2.47. The zero-order chi connectivity index (χ0) is 9.84. The van der Waals surface area contributed by atoms with E-state index in [9.17, 15) is 0 Å². The van der Waals surface area contributed by atoms with Crippen molar-refractivity contribution in [3.05, 3.63) is 0 Å². The second-order valence-electron chi connectivity index (χ2n) is 4.52. The average molecular weight is 184 g/mol. The highest BCUT2D eigenvalue weighted by atomic mass is 15.1. The maximum Gasteiger partial charge on any atom is 0.00921 e. The molecule has 1 fully saturated rings. The Labute approximate surface area is 82.5 Å². The molecule has 1 aliphatic carbocycles.